The zero-order valence-corrected chi connectivity index (χ0v) is 24.8. The summed E-state index contributed by atoms with van der Waals surface area (Å²) < 4.78 is 5.76. The molecule has 2 N–H and O–H groups in total. The molecular formula is C34H41N5O4. The van der Waals surface area contributed by atoms with E-state index in [-0.39, 0.29) is 17.9 Å². The van der Waals surface area contributed by atoms with Crippen molar-refractivity contribution in [2.75, 3.05) is 63.5 Å². The van der Waals surface area contributed by atoms with Gasteiger partial charge in [-0.1, -0.05) is 54.6 Å². The van der Waals surface area contributed by atoms with Crippen molar-refractivity contribution in [3.05, 3.63) is 84.4 Å². The van der Waals surface area contributed by atoms with Crippen molar-refractivity contribution >= 4 is 29.3 Å². The van der Waals surface area contributed by atoms with Crippen LogP contribution >= 0.6 is 0 Å². The van der Waals surface area contributed by atoms with Gasteiger partial charge in [0.2, 0.25) is 5.91 Å². The van der Waals surface area contributed by atoms with E-state index in [2.05, 4.69) is 20.4 Å². The number of carbonyl (C=O) groups is 3. The molecule has 2 aliphatic heterocycles. The Kier molecular flexibility index (Phi) is 10.4. The summed E-state index contributed by atoms with van der Waals surface area (Å²) >= 11 is 0. The number of hydrogen-bond acceptors (Lipinski definition) is 6. The lowest BCUT2D eigenvalue weighted by atomic mass is 10.0. The topological polar surface area (TPSA) is 94.2 Å². The Morgan fingerprint density at radius 1 is 0.837 bits per heavy atom. The third-order valence-electron chi connectivity index (χ3n) is 8.11. The van der Waals surface area contributed by atoms with E-state index in [1.165, 1.54) is 0 Å². The molecule has 3 aromatic rings. The minimum absolute atomic E-state index is 0.0540. The summed E-state index contributed by atoms with van der Waals surface area (Å²) in [6.45, 7) is 5.19. The van der Waals surface area contributed by atoms with Gasteiger partial charge in [0.1, 0.15) is 6.10 Å². The van der Waals surface area contributed by atoms with Gasteiger partial charge >= 0.3 is 6.09 Å². The van der Waals surface area contributed by atoms with Crippen LogP contribution in [0.5, 0.6) is 0 Å². The first-order chi connectivity index (χ1) is 20.9. The Hall–Kier alpha value is -4.21. The van der Waals surface area contributed by atoms with Crippen LogP contribution in [-0.2, 0) is 9.53 Å². The molecule has 5 rings (SSSR count). The fourth-order valence-corrected chi connectivity index (χ4v) is 5.69. The van der Waals surface area contributed by atoms with Gasteiger partial charge in [0, 0.05) is 50.0 Å². The highest BCUT2D eigenvalue weighted by Crippen LogP contribution is 2.28. The molecule has 0 unspecified atom stereocenters. The van der Waals surface area contributed by atoms with E-state index in [9.17, 15) is 14.4 Å². The van der Waals surface area contributed by atoms with E-state index < -0.39 is 6.09 Å². The van der Waals surface area contributed by atoms with Gasteiger partial charge in [0.25, 0.3) is 5.91 Å². The second-order valence-electron chi connectivity index (χ2n) is 11.3. The molecule has 0 bridgehead atoms. The first-order valence-electron chi connectivity index (χ1n) is 15.2. The highest BCUT2D eigenvalue weighted by atomic mass is 16.6. The van der Waals surface area contributed by atoms with Crippen molar-refractivity contribution in [2.45, 2.75) is 31.8 Å². The first-order valence-corrected chi connectivity index (χ1v) is 15.2. The summed E-state index contributed by atoms with van der Waals surface area (Å²) in [4.78, 5) is 44.4. The molecule has 3 amide bonds. The minimum atomic E-state index is -0.443. The van der Waals surface area contributed by atoms with Gasteiger partial charge in [-0.2, -0.15) is 0 Å². The fraction of sp³-hybridized carbons (Fsp3) is 0.382. The van der Waals surface area contributed by atoms with Gasteiger partial charge in [-0.05, 0) is 68.6 Å². The SMILES string of the molecule is CN(CCN1CCC(OC(=O)Nc2ccccc2-c2ccccc2)CC1)C(=O)c1cccc(NC(=O)CN2CCCC2)c1. The first kappa shape index (κ1) is 30.3. The number of anilines is 2. The quantitative estimate of drug-likeness (QED) is 0.342. The van der Waals surface area contributed by atoms with Gasteiger partial charge in [0.15, 0.2) is 0 Å². The number of benzene rings is 3. The van der Waals surface area contributed by atoms with E-state index in [1.807, 2.05) is 60.7 Å². The summed E-state index contributed by atoms with van der Waals surface area (Å²) in [6, 6.07) is 24.8. The van der Waals surface area contributed by atoms with Crippen LogP contribution in [0.2, 0.25) is 0 Å². The lowest BCUT2D eigenvalue weighted by Crippen LogP contribution is -2.42. The minimum Gasteiger partial charge on any atom is -0.446 e. The second-order valence-corrected chi connectivity index (χ2v) is 11.3. The van der Waals surface area contributed by atoms with Gasteiger partial charge < -0.3 is 19.9 Å². The number of rotatable bonds is 10. The molecule has 43 heavy (non-hydrogen) atoms. The lowest BCUT2D eigenvalue weighted by Gasteiger charge is -2.32. The predicted molar refractivity (Wildman–Crippen MR) is 169 cm³/mol. The number of likely N-dealkylation sites (N-methyl/N-ethyl adjacent to an activating group) is 1. The fourth-order valence-electron chi connectivity index (χ4n) is 5.69. The molecule has 3 aromatic carbocycles. The number of hydrogen-bond donors (Lipinski definition) is 2. The number of nitrogens with zero attached hydrogens (tertiary/aromatic N) is 3. The largest absolute Gasteiger partial charge is 0.446 e. The maximum atomic E-state index is 13.1. The van der Waals surface area contributed by atoms with Crippen LogP contribution in [0.4, 0.5) is 16.2 Å². The molecule has 0 radical (unpaired) electrons. The second kappa shape index (κ2) is 14.8. The Balaban J connectivity index is 1.04. The molecule has 0 aromatic heterocycles. The van der Waals surface area contributed by atoms with Crippen LogP contribution in [0, 0.1) is 0 Å². The highest BCUT2D eigenvalue weighted by molar-refractivity contribution is 5.97. The maximum Gasteiger partial charge on any atom is 0.411 e. The molecule has 0 atom stereocenters. The van der Waals surface area contributed by atoms with Gasteiger partial charge in [-0.15, -0.1) is 0 Å². The number of ether oxygens (including phenoxy) is 1. The van der Waals surface area contributed by atoms with Crippen LogP contribution in [0.15, 0.2) is 78.9 Å². The van der Waals surface area contributed by atoms with Gasteiger partial charge in [-0.25, -0.2) is 4.79 Å². The molecule has 0 saturated carbocycles. The predicted octanol–water partition coefficient (Wildman–Crippen LogP) is 5.17. The Labute approximate surface area is 253 Å². The number of amides is 3. The smallest absolute Gasteiger partial charge is 0.411 e. The van der Waals surface area contributed by atoms with E-state index >= 15 is 0 Å². The molecule has 2 aliphatic rings. The number of likely N-dealkylation sites (tertiary alicyclic amines) is 2. The zero-order chi connectivity index (χ0) is 30.0. The number of para-hydroxylation sites is 1. The average Bonchev–Trinajstić information content (AvgIpc) is 3.54. The molecular weight excluding hydrogens is 542 g/mol. The van der Waals surface area contributed by atoms with Crippen molar-refractivity contribution in [3.8, 4) is 11.1 Å². The van der Waals surface area contributed by atoms with Crippen LogP contribution in [0.3, 0.4) is 0 Å². The molecule has 226 valence electrons. The van der Waals surface area contributed by atoms with E-state index in [1.54, 1.807) is 30.1 Å². The Morgan fingerprint density at radius 3 is 2.33 bits per heavy atom. The van der Waals surface area contributed by atoms with E-state index in [4.69, 9.17) is 4.74 Å². The molecule has 2 saturated heterocycles. The Bertz CT molecular complexity index is 1380. The molecule has 9 nitrogen and oxygen atoms in total. The summed E-state index contributed by atoms with van der Waals surface area (Å²) in [5.74, 6) is -0.136. The monoisotopic (exact) mass is 583 g/mol. The van der Waals surface area contributed by atoms with Crippen molar-refractivity contribution < 1.29 is 19.1 Å². The van der Waals surface area contributed by atoms with Crippen molar-refractivity contribution in [2.24, 2.45) is 0 Å². The van der Waals surface area contributed by atoms with E-state index in [0.717, 1.165) is 75.2 Å². The number of piperidine rings is 1. The van der Waals surface area contributed by atoms with Crippen LogP contribution in [-0.4, -0.2) is 91.6 Å². The summed E-state index contributed by atoms with van der Waals surface area (Å²) in [6.07, 6.45) is 3.16. The molecule has 9 heteroatoms. The van der Waals surface area contributed by atoms with Crippen molar-refractivity contribution in [1.82, 2.24) is 14.7 Å². The summed E-state index contributed by atoms with van der Waals surface area (Å²) in [7, 11) is 1.80. The number of carbonyl (C=O) groups excluding carboxylic acids is 3. The molecule has 2 heterocycles. The molecule has 2 fully saturated rings. The lowest BCUT2D eigenvalue weighted by molar-refractivity contribution is -0.117. The van der Waals surface area contributed by atoms with Crippen LogP contribution < -0.4 is 10.6 Å². The van der Waals surface area contributed by atoms with Gasteiger partial charge in [0.05, 0.1) is 12.2 Å². The molecule has 0 aliphatic carbocycles. The maximum absolute atomic E-state index is 13.1. The third kappa shape index (κ3) is 8.65. The van der Waals surface area contributed by atoms with E-state index in [0.29, 0.717) is 24.3 Å². The summed E-state index contributed by atoms with van der Waals surface area (Å²) in [5.41, 5.74) is 3.88. The van der Waals surface area contributed by atoms with Crippen LogP contribution in [0.1, 0.15) is 36.0 Å². The van der Waals surface area contributed by atoms with Crippen molar-refractivity contribution in [3.63, 3.8) is 0 Å². The Morgan fingerprint density at radius 2 is 1.56 bits per heavy atom. The normalized spacial score (nSPS) is 16.0. The highest BCUT2D eigenvalue weighted by Gasteiger charge is 2.24. The van der Waals surface area contributed by atoms with Gasteiger partial charge in [-0.3, -0.25) is 19.8 Å². The molecule has 0 spiro atoms. The standard InChI is InChI=1S/C34H41N5O4/c1-37(33(41)27-12-9-13-28(24-27)35-32(40)25-39-18-7-8-19-39)22-23-38-20-16-29(17-21-38)43-34(42)36-31-15-6-5-14-30(31)26-10-3-2-4-11-26/h2-6,9-15,24,29H,7-8,16-23,25H2,1H3,(H,35,40)(H,36,42). The zero-order valence-electron chi connectivity index (χ0n) is 24.8. The summed E-state index contributed by atoms with van der Waals surface area (Å²) in [5, 5.41) is 5.85. The number of nitrogens with one attached hydrogen (secondary N) is 2. The third-order valence-corrected chi connectivity index (χ3v) is 8.11. The average molecular weight is 584 g/mol. The van der Waals surface area contributed by atoms with Crippen LogP contribution in [0.25, 0.3) is 11.1 Å². The van der Waals surface area contributed by atoms with Crippen molar-refractivity contribution in [1.29, 1.82) is 0 Å².